The summed E-state index contributed by atoms with van der Waals surface area (Å²) in [6.07, 6.45) is -0.113. The van der Waals surface area contributed by atoms with Crippen LogP contribution < -0.4 is 10.7 Å². The molecule has 2 N–H and O–H groups in total. The lowest BCUT2D eigenvalue weighted by atomic mass is 10.1. The molecule has 146 valence electrons. The van der Waals surface area contributed by atoms with Crippen LogP contribution in [0.5, 0.6) is 0 Å². The van der Waals surface area contributed by atoms with E-state index in [0.29, 0.717) is 11.3 Å². The van der Waals surface area contributed by atoms with Gasteiger partial charge in [0.25, 0.3) is 11.8 Å². The van der Waals surface area contributed by atoms with Crippen molar-refractivity contribution in [3.8, 4) is 0 Å². The molecule has 3 rings (SSSR count). The highest BCUT2D eigenvalue weighted by Gasteiger charge is 2.36. The molecule has 1 saturated heterocycles. The lowest BCUT2D eigenvalue weighted by Gasteiger charge is -2.17. The fraction of sp³-hybridized carbons (Fsp3) is 0.278. The van der Waals surface area contributed by atoms with Gasteiger partial charge in [0.05, 0.1) is 12.5 Å². The summed E-state index contributed by atoms with van der Waals surface area (Å²) in [5.41, 5.74) is 2.86. The van der Waals surface area contributed by atoms with Crippen molar-refractivity contribution in [1.82, 2.24) is 15.6 Å². The summed E-state index contributed by atoms with van der Waals surface area (Å²) in [5, 5.41) is 7.09. The van der Waals surface area contributed by atoms with Crippen LogP contribution in [0.1, 0.15) is 22.5 Å². The Kier molecular flexibility index (Phi) is 5.68. The molecule has 3 amide bonds. The molecule has 28 heavy (non-hydrogen) atoms. The maximum Gasteiger partial charge on any atom is 0.311 e. The molecule has 1 unspecified atom stereocenters. The zero-order valence-corrected chi connectivity index (χ0v) is 15.0. The number of benzene rings is 1. The monoisotopic (exact) mass is 386 g/mol. The second-order valence-corrected chi connectivity index (χ2v) is 6.19. The summed E-state index contributed by atoms with van der Waals surface area (Å²) >= 11 is 0. The molecule has 1 aromatic heterocycles. The van der Waals surface area contributed by atoms with E-state index in [-0.39, 0.29) is 18.8 Å². The van der Waals surface area contributed by atoms with Gasteiger partial charge in [-0.3, -0.25) is 29.6 Å². The first-order chi connectivity index (χ1) is 13.4. The van der Waals surface area contributed by atoms with Gasteiger partial charge in [-0.1, -0.05) is 23.4 Å². The van der Waals surface area contributed by atoms with E-state index in [1.165, 1.54) is 6.07 Å². The third-order valence-electron chi connectivity index (χ3n) is 3.97. The van der Waals surface area contributed by atoms with Crippen LogP contribution in [0.4, 0.5) is 5.82 Å². The third kappa shape index (κ3) is 4.72. The van der Waals surface area contributed by atoms with Crippen molar-refractivity contribution in [2.24, 2.45) is 5.92 Å². The minimum Gasteiger partial charge on any atom is -0.455 e. The molecule has 1 aromatic carbocycles. The largest absolute Gasteiger partial charge is 0.455 e. The molecule has 0 saturated carbocycles. The molecule has 10 nitrogen and oxygen atoms in total. The van der Waals surface area contributed by atoms with Gasteiger partial charge < -0.3 is 14.6 Å². The maximum absolute atomic E-state index is 12.1. The molecular weight excluding hydrogens is 368 g/mol. The lowest BCUT2D eigenvalue weighted by Crippen LogP contribution is -2.43. The van der Waals surface area contributed by atoms with Crippen molar-refractivity contribution < 1.29 is 28.4 Å². The van der Waals surface area contributed by atoms with Crippen LogP contribution in [0.2, 0.25) is 0 Å². The first kappa shape index (κ1) is 19.1. The molecular formula is C18H18N4O6. The molecule has 0 bridgehead atoms. The Hall–Kier alpha value is -3.69. The fourth-order valence-corrected chi connectivity index (χ4v) is 2.61. The summed E-state index contributed by atoms with van der Waals surface area (Å²) < 4.78 is 9.76. The van der Waals surface area contributed by atoms with Crippen molar-refractivity contribution in [3.63, 3.8) is 0 Å². The predicted octanol–water partition coefficient (Wildman–Crippen LogP) is 0.658. The van der Waals surface area contributed by atoms with Gasteiger partial charge in [0.1, 0.15) is 5.76 Å². The summed E-state index contributed by atoms with van der Waals surface area (Å²) in [5.74, 6) is -2.18. The van der Waals surface area contributed by atoms with Crippen LogP contribution >= 0.6 is 0 Å². The molecule has 0 radical (unpaired) electrons. The van der Waals surface area contributed by atoms with Crippen molar-refractivity contribution in [3.05, 3.63) is 47.7 Å². The van der Waals surface area contributed by atoms with Crippen LogP contribution in [-0.2, 0) is 19.1 Å². The van der Waals surface area contributed by atoms with Gasteiger partial charge in [-0.15, -0.1) is 0 Å². The summed E-state index contributed by atoms with van der Waals surface area (Å²) in [4.78, 5) is 48.1. The first-order valence-corrected chi connectivity index (χ1v) is 8.48. The number of rotatable bonds is 6. The number of hydrogen-bond acceptors (Lipinski definition) is 7. The lowest BCUT2D eigenvalue weighted by molar-refractivity contribution is -0.151. The molecule has 0 aliphatic carbocycles. The van der Waals surface area contributed by atoms with Crippen LogP contribution in [0, 0.1) is 12.8 Å². The van der Waals surface area contributed by atoms with Gasteiger partial charge in [0, 0.05) is 18.1 Å². The Bertz CT molecular complexity index is 894. The Morgan fingerprint density at radius 3 is 2.71 bits per heavy atom. The van der Waals surface area contributed by atoms with E-state index in [2.05, 4.69) is 15.9 Å². The van der Waals surface area contributed by atoms with Gasteiger partial charge in [0.15, 0.2) is 12.4 Å². The zero-order valence-electron chi connectivity index (χ0n) is 15.0. The third-order valence-corrected chi connectivity index (χ3v) is 3.97. The Labute approximate surface area is 159 Å². The number of aryl methyl sites for hydroxylation is 1. The van der Waals surface area contributed by atoms with Crippen LogP contribution in [0.25, 0.3) is 0 Å². The zero-order chi connectivity index (χ0) is 20.1. The molecule has 1 aliphatic rings. The predicted molar refractivity (Wildman–Crippen MR) is 94.6 cm³/mol. The van der Waals surface area contributed by atoms with Crippen LogP contribution in [0.15, 0.2) is 40.9 Å². The van der Waals surface area contributed by atoms with Crippen LogP contribution in [-0.4, -0.2) is 47.0 Å². The van der Waals surface area contributed by atoms with Crippen molar-refractivity contribution in [2.75, 3.05) is 18.5 Å². The number of nitrogens with zero attached hydrogens (tertiary/aromatic N) is 2. The summed E-state index contributed by atoms with van der Waals surface area (Å²) in [6.45, 7) is 1.12. The second kappa shape index (κ2) is 8.33. The van der Waals surface area contributed by atoms with E-state index in [0.717, 1.165) is 5.01 Å². The number of anilines is 1. The van der Waals surface area contributed by atoms with Gasteiger partial charge in [-0.2, -0.15) is 0 Å². The summed E-state index contributed by atoms with van der Waals surface area (Å²) in [6, 6.07) is 9.90. The molecule has 1 aliphatic heterocycles. The number of hydrogen-bond donors (Lipinski definition) is 2. The van der Waals surface area contributed by atoms with E-state index < -0.39 is 36.2 Å². The SMILES string of the molecule is Cc1cc(NC(=O)COC(=O)C2CC(=O)N(NC(=O)c3ccccc3)C2)no1. The Morgan fingerprint density at radius 1 is 1.29 bits per heavy atom. The molecule has 10 heteroatoms. The van der Waals surface area contributed by atoms with Crippen molar-refractivity contribution in [1.29, 1.82) is 0 Å². The Morgan fingerprint density at radius 2 is 2.04 bits per heavy atom. The number of carbonyl (C=O) groups is 4. The minimum absolute atomic E-state index is 0.0274. The van der Waals surface area contributed by atoms with E-state index in [1.807, 2.05) is 0 Å². The molecule has 2 heterocycles. The van der Waals surface area contributed by atoms with Gasteiger partial charge >= 0.3 is 5.97 Å². The van der Waals surface area contributed by atoms with Crippen LogP contribution in [0.3, 0.4) is 0 Å². The minimum atomic E-state index is -0.773. The topological polar surface area (TPSA) is 131 Å². The first-order valence-electron chi connectivity index (χ1n) is 8.48. The quantitative estimate of drug-likeness (QED) is 0.697. The Balaban J connectivity index is 1.46. The highest BCUT2D eigenvalue weighted by atomic mass is 16.5. The van der Waals surface area contributed by atoms with Crippen molar-refractivity contribution in [2.45, 2.75) is 13.3 Å². The molecule has 2 aromatic rings. The smallest absolute Gasteiger partial charge is 0.311 e. The van der Waals surface area contributed by atoms with E-state index in [9.17, 15) is 19.2 Å². The number of ether oxygens (including phenoxy) is 1. The average Bonchev–Trinajstić information content (AvgIpc) is 3.26. The molecule has 0 spiro atoms. The number of amides is 3. The van der Waals surface area contributed by atoms with E-state index >= 15 is 0 Å². The standard InChI is InChI=1S/C18H18N4O6/c1-11-7-14(21-28-11)19-15(23)10-27-18(26)13-8-16(24)22(9-13)20-17(25)12-5-3-2-4-6-12/h2-7,13H,8-10H2,1H3,(H,20,25)(H,19,21,23). The number of hydrazine groups is 1. The average molecular weight is 386 g/mol. The highest BCUT2D eigenvalue weighted by Crippen LogP contribution is 2.18. The van der Waals surface area contributed by atoms with E-state index in [1.54, 1.807) is 37.3 Å². The van der Waals surface area contributed by atoms with Gasteiger partial charge in [-0.25, -0.2) is 0 Å². The number of esters is 1. The fourth-order valence-electron chi connectivity index (χ4n) is 2.61. The van der Waals surface area contributed by atoms with E-state index in [4.69, 9.17) is 9.26 Å². The van der Waals surface area contributed by atoms with Crippen molar-refractivity contribution >= 4 is 29.5 Å². The van der Waals surface area contributed by atoms with Gasteiger partial charge in [-0.05, 0) is 19.1 Å². The highest BCUT2D eigenvalue weighted by molar-refractivity contribution is 5.96. The number of carbonyl (C=O) groups excluding carboxylic acids is 4. The molecule has 1 atom stereocenters. The molecule has 1 fully saturated rings. The maximum atomic E-state index is 12.1. The number of nitrogens with one attached hydrogen (secondary N) is 2. The van der Waals surface area contributed by atoms with Gasteiger partial charge in [0.2, 0.25) is 5.91 Å². The summed E-state index contributed by atoms with van der Waals surface area (Å²) in [7, 11) is 0. The number of aromatic nitrogens is 1. The normalized spacial score (nSPS) is 16.0. The second-order valence-electron chi connectivity index (χ2n) is 6.19.